The molecule has 0 saturated carbocycles. The van der Waals surface area contributed by atoms with E-state index in [1.807, 2.05) is 18.2 Å². The summed E-state index contributed by atoms with van der Waals surface area (Å²) in [4.78, 5) is 11.5. The van der Waals surface area contributed by atoms with Crippen molar-refractivity contribution < 1.29 is 4.79 Å². The molecule has 1 aromatic rings. The molecule has 0 aliphatic carbocycles. The third-order valence-electron chi connectivity index (χ3n) is 2.51. The number of amides is 1. The number of hydrazine groups is 1. The Morgan fingerprint density at radius 2 is 2.18 bits per heavy atom. The second kappa shape index (κ2) is 7.32. The van der Waals surface area contributed by atoms with Gasteiger partial charge in [-0.1, -0.05) is 25.1 Å². The minimum Gasteiger partial charge on any atom is -0.327 e. The molecule has 1 atom stereocenters. The minimum absolute atomic E-state index is 0.218. The first-order valence-corrected chi connectivity index (χ1v) is 6.76. The van der Waals surface area contributed by atoms with Gasteiger partial charge in [0.1, 0.15) is 0 Å². The number of hydrogen-bond donors (Lipinski definition) is 3. The highest BCUT2D eigenvalue weighted by Gasteiger charge is 2.09. The molecule has 1 rings (SSSR count). The highest BCUT2D eigenvalue weighted by molar-refractivity contribution is 7.98. The quantitative estimate of drug-likeness (QED) is 0.405. The summed E-state index contributed by atoms with van der Waals surface area (Å²) in [6, 6.07) is 7.68. The van der Waals surface area contributed by atoms with Crippen molar-refractivity contribution in [3.63, 3.8) is 0 Å². The molecule has 0 heterocycles. The van der Waals surface area contributed by atoms with E-state index in [1.54, 1.807) is 17.8 Å². The molecule has 1 aromatic carbocycles. The van der Waals surface area contributed by atoms with Gasteiger partial charge < -0.3 is 5.73 Å². The highest BCUT2D eigenvalue weighted by Crippen LogP contribution is 2.17. The molecule has 5 heteroatoms. The van der Waals surface area contributed by atoms with Crippen LogP contribution in [0.15, 0.2) is 24.3 Å². The average molecular weight is 253 g/mol. The highest BCUT2D eigenvalue weighted by atomic mass is 32.2. The van der Waals surface area contributed by atoms with Gasteiger partial charge in [0.25, 0.3) is 5.91 Å². The van der Waals surface area contributed by atoms with Crippen LogP contribution in [0.25, 0.3) is 0 Å². The van der Waals surface area contributed by atoms with Crippen molar-refractivity contribution in [3.05, 3.63) is 35.4 Å². The van der Waals surface area contributed by atoms with Gasteiger partial charge >= 0.3 is 0 Å². The maximum atomic E-state index is 11.5. The van der Waals surface area contributed by atoms with Crippen molar-refractivity contribution in [1.82, 2.24) is 5.43 Å². The van der Waals surface area contributed by atoms with Crippen LogP contribution in [-0.2, 0) is 5.75 Å². The molecule has 94 valence electrons. The van der Waals surface area contributed by atoms with Crippen molar-refractivity contribution in [2.24, 2.45) is 11.6 Å². The Balaban J connectivity index is 2.61. The van der Waals surface area contributed by atoms with Gasteiger partial charge in [0, 0.05) is 23.1 Å². The molecular formula is C12H19N3OS. The Morgan fingerprint density at radius 3 is 2.82 bits per heavy atom. The summed E-state index contributed by atoms with van der Waals surface area (Å²) in [5, 5.41) is 0. The van der Waals surface area contributed by atoms with Crippen LogP contribution >= 0.6 is 11.8 Å². The lowest BCUT2D eigenvalue weighted by molar-refractivity contribution is 0.0953. The zero-order valence-electron chi connectivity index (χ0n) is 9.98. The molecule has 0 fully saturated rings. The van der Waals surface area contributed by atoms with E-state index in [2.05, 4.69) is 12.3 Å². The van der Waals surface area contributed by atoms with Crippen molar-refractivity contribution in [1.29, 1.82) is 0 Å². The summed E-state index contributed by atoms with van der Waals surface area (Å²) in [5.74, 6) is 6.57. The summed E-state index contributed by atoms with van der Waals surface area (Å²) in [7, 11) is 0. The van der Waals surface area contributed by atoms with Gasteiger partial charge in [-0.2, -0.15) is 11.8 Å². The average Bonchev–Trinajstić information content (AvgIpc) is 2.38. The van der Waals surface area contributed by atoms with Crippen molar-refractivity contribution in [2.75, 3.05) is 5.75 Å². The van der Waals surface area contributed by atoms with Crippen LogP contribution < -0.4 is 17.0 Å². The third-order valence-corrected chi connectivity index (χ3v) is 3.69. The van der Waals surface area contributed by atoms with Crippen molar-refractivity contribution >= 4 is 17.7 Å². The predicted octanol–water partition coefficient (Wildman–Crippen LogP) is 1.26. The molecule has 0 aliphatic rings. The predicted molar refractivity (Wildman–Crippen MR) is 72.5 cm³/mol. The van der Waals surface area contributed by atoms with Gasteiger partial charge in [-0.25, -0.2) is 5.84 Å². The Bertz CT molecular complexity index is 371. The molecule has 17 heavy (non-hydrogen) atoms. The Kier molecular flexibility index (Phi) is 6.04. The fourth-order valence-corrected chi connectivity index (χ4v) is 2.51. The molecule has 1 unspecified atom stereocenters. The molecule has 0 spiro atoms. The normalized spacial score (nSPS) is 12.2. The van der Waals surface area contributed by atoms with Crippen LogP contribution in [0, 0.1) is 0 Å². The lowest BCUT2D eigenvalue weighted by atomic mass is 10.1. The van der Waals surface area contributed by atoms with Gasteiger partial charge in [-0.3, -0.25) is 10.2 Å². The zero-order valence-corrected chi connectivity index (χ0v) is 10.8. The summed E-state index contributed by atoms with van der Waals surface area (Å²) >= 11 is 1.74. The lowest BCUT2D eigenvalue weighted by Crippen LogP contribution is -2.30. The number of rotatable bonds is 6. The fraction of sp³-hybridized carbons (Fsp3) is 0.417. The van der Waals surface area contributed by atoms with Crippen LogP contribution in [0.4, 0.5) is 0 Å². The largest absolute Gasteiger partial charge is 0.327 e. The standard InChI is InChI=1S/C12H19N3OS/c1-2-10(13)8-17-7-9-5-3-4-6-11(9)12(16)15-14/h3-6,10H,2,7-8,13-14H2,1H3,(H,15,16). The molecule has 0 bridgehead atoms. The zero-order chi connectivity index (χ0) is 12.7. The molecule has 0 aliphatic heterocycles. The van der Waals surface area contributed by atoms with E-state index in [1.165, 1.54) is 0 Å². The van der Waals surface area contributed by atoms with E-state index in [0.29, 0.717) is 5.56 Å². The number of benzene rings is 1. The summed E-state index contributed by atoms with van der Waals surface area (Å²) in [6.07, 6.45) is 0.970. The maximum absolute atomic E-state index is 11.5. The third kappa shape index (κ3) is 4.38. The SMILES string of the molecule is CCC(N)CSCc1ccccc1C(=O)NN. The van der Waals surface area contributed by atoms with Crippen LogP contribution in [-0.4, -0.2) is 17.7 Å². The van der Waals surface area contributed by atoms with Crippen LogP contribution in [0.5, 0.6) is 0 Å². The first kappa shape index (κ1) is 14.0. The lowest BCUT2D eigenvalue weighted by Gasteiger charge is -2.10. The van der Waals surface area contributed by atoms with E-state index in [9.17, 15) is 4.79 Å². The second-order valence-electron chi connectivity index (χ2n) is 3.81. The Labute approximate surface area is 106 Å². The van der Waals surface area contributed by atoms with Gasteiger partial charge in [0.2, 0.25) is 0 Å². The molecule has 0 radical (unpaired) electrons. The van der Waals surface area contributed by atoms with Gasteiger partial charge in [-0.15, -0.1) is 0 Å². The number of nitrogens with one attached hydrogen (secondary N) is 1. The number of nitrogen functional groups attached to an aromatic ring is 1. The van der Waals surface area contributed by atoms with Gasteiger partial charge in [0.05, 0.1) is 0 Å². The Morgan fingerprint density at radius 1 is 1.47 bits per heavy atom. The Hall–Kier alpha value is -1.04. The van der Waals surface area contributed by atoms with Crippen molar-refractivity contribution in [2.45, 2.75) is 25.1 Å². The monoisotopic (exact) mass is 253 g/mol. The number of carbonyl (C=O) groups excluding carboxylic acids is 1. The van der Waals surface area contributed by atoms with Crippen LogP contribution in [0.1, 0.15) is 29.3 Å². The van der Waals surface area contributed by atoms with E-state index >= 15 is 0 Å². The molecule has 1 amide bonds. The van der Waals surface area contributed by atoms with Gasteiger partial charge in [-0.05, 0) is 18.1 Å². The molecule has 4 nitrogen and oxygen atoms in total. The van der Waals surface area contributed by atoms with E-state index < -0.39 is 0 Å². The smallest absolute Gasteiger partial charge is 0.265 e. The first-order chi connectivity index (χ1) is 8.19. The first-order valence-electron chi connectivity index (χ1n) is 5.61. The molecule has 5 N–H and O–H groups in total. The van der Waals surface area contributed by atoms with E-state index in [0.717, 1.165) is 23.5 Å². The van der Waals surface area contributed by atoms with Crippen molar-refractivity contribution in [3.8, 4) is 0 Å². The van der Waals surface area contributed by atoms with Crippen LogP contribution in [0.3, 0.4) is 0 Å². The molecule has 0 saturated heterocycles. The number of nitrogens with two attached hydrogens (primary N) is 2. The van der Waals surface area contributed by atoms with E-state index in [-0.39, 0.29) is 11.9 Å². The topological polar surface area (TPSA) is 81.1 Å². The van der Waals surface area contributed by atoms with Crippen LogP contribution in [0.2, 0.25) is 0 Å². The summed E-state index contributed by atoms with van der Waals surface area (Å²) in [6.45, 7) is 2.07. The maximum Gasteiger partial charge on any atom is 0.265 e. The minimum atomic E-state index is -0.249. The van der Waals surface area contributed by atoms with Gasteiger partial charge in [0.15, 0.2) is 0 Å². The summed E-state index contributed by atoms with van der Waals surface area (Å²) in [5.41, 5.74) is 9.62. The number of thioether (sulfide) groups is 1. The number of hydrogen-bond acceptors (Lipinski definition) is 4. The number of carbonyl (C=O) groups is 1. The molecular weight excluding hydrogens is 234 g/mol. The fourth-order valence-electron chi connectivity index (χ4n) is 1.38. The van der Waals surface area contributed by atoms with E-state index in [4.69, 9.17) is 11.6 Å². The summed E-state index contributed by atoms with van der Waals surface area (Å²) < 4.78 is 0. The second-order valence-corrected chi connectivity index (χ2v) is 4.84. The molecule has 0 aromatic heterocycles.